The van der Waals surface area contributed by atoms with Crippen molar-refractivity contribution in [1.29, 1.82) is 0 Å². The van der Waals surface area contributed by atoms with E-state index in [1.165, 1.54) is 38.4 Å². The molecule has 0 bridgehead atoms. The molecule has 25 heavy (non-hydrogen) atoms. The summed E-state index contributed by atoms with van der Waals surface area (Å²) in [6.07, 6.45) is 1.89. The van der Waals surface area contributed by atoms with Crippen LogP contribution in [0, 0.1) is 20.8 Å². The zero-order chi connectivity index (χ0) is 16.1. The van der Waals surface area contributed by atoms with Crippen LogP contribution in [-0.4, -0.2) is 11.7 Å². The first-order valence-electron chi connectivity index (χ1n) is 7.62. The van der Waals surface area contributed by atoms with Crippen LogP contribution in [0.2, 0.25) is 13.1 Å². The van der Waals surface area contributed by atoms with Gasteiger partial charge in [0, 0.05) is 11.7 Å². The van der Waals surface area contributed by atoms with Crippen molar-refractivity contribution >= 4 is 38.1 Å². The second-order valence-electron chi connectivity index (χ2n) is 6.48. The Bertz CT molecular complexity index is 864. The molecule has 0 fully saturated rings. The SMILES string of the molecule is Cc1c(C)c([Si](C)(C)Br)[c-](-c2cccc3cccnc23)c1C.[Br-].[Br-].[Cr+3]. The van der Waals surface area contributed by atoms with Crippen LogP contribution < -0.4 is 39.1 Å². The van der Waals surface area contributed by atoms with Crippen LogP contribution in [0.15, 0.2) is 36.5 Å². The van der Waals surface area contributed by atoms with Crippen LogP contribution in [0.1, 0.15) is 16.7 Å². The standard InChI is InChI=1S/C19H21BrNSi.2BrH.Cr/c1-12-13(2)17(19(14(12)3)22(4,5)20)16-10-6-8-15-9-7-11-21-18(15)16;;;/h6-11H,1-5H3;2*1H;/q-1;;;+3/p-2. The van der Waals surface area contributed by atoms with Gasteiger partial charge in [0.1, 0.15) is 6.69 Å². The molecule has 6 heteroatoms. The molecular formula is C19H21Br3CrNSi. The zero-order valence-electron chi connectivity index (χ0n) is 15.0. The Labute approximate surface area is 191 Å². The summed E-state index contributed by atoms with van der Waals surface area (Å²) in [5.41, 5.74) is 8.01. The van der Waals surface area contributed by atoms with Crippen molar-refractivity contribution in [3.63, 3.8) is 0 Å². The minimum Gasteiger partial charge on any atom is -1.00 e. The molecule has 0 aliphatic carbocycles. The van der Waals surface area contributed by atoms with E-state index in [0.29, 0.717) is 0 Å². The fourth-order valence-corrected chi connectivity index (χ4v) is 6.90. The molecular weight excluding hydrogens is 562 g/mol. The van der Waals surface area contributed by atoms with Crippen LogP contribution in [0.25, 0.3) is 22.0 Å². The zero-order valence-corrected chi connectivity index (χ0v) is 22.0. The summed E-state index contributed by atoms with van der Waals surface area (Å²) in [7, 11) is 0. The summed E-state index contributed by atoms with van der Waals surface area (Å²) in [5.74, 6) is 0. The number of nitrogens with zero attached hydrogens (tertiary/aromatic N) is 1. The minimum absolute atomic E-state index is 0. The van der Waals surface area contributed by atoms with E-state index in [1.54, 1.807) is 0 Å². The van der Waals surface area contributed by atoms with Gasteiger partial charge >= 0.3 is 17.4 Å². The predicted octanol–water partition coefficient (Wildman–Crippen LogP) is -0.642. The number of para-hydroxylation sites is 1. The van der Waals surface area contributed by atoms with Gasteiger partial charge in [0.25, 0.3) is 0 Å². The summed E-state index contributed by atoms with van der Waals surface area (Å²) in [5, 5.41) is 2.72. The van der Waals surface area contributed by atoms with E-state index in [9.17, 15) is 0 Å². The van der Waals surface area contributed by atoms with E-state index < -0.39 is 6.69 Å². The normalized spacial score (nSPS) is 10.6. The first kappa shape index (κ1) is 25.2. The fourth-order valence-electron chi connectivity index (χ4n) is 3.42. The van der Waals surface area contributed by atoms with Crippen molar-refractivity contribution in [2.75, 3.05) is 0 Å². The molecule has 2 aromatic carbocycles. The summed E-state index contributed by atoms with van der Waals surface area (Å²) < 4.78 is 0. The number of aromatic nitrogens is 1. The van der Waals surface area contributed by atoms with Gasteiger partial charge in [0.05, 0.1) is 0 Å². The van der Waals surface area contributed by atoms with E-state index in [1.807, 2.05) is 12.3 Å². The van der Waals surface area contributed by atoms with E-state index in [4.69, 9.17) is 0 Å². The second-order valence-corrected chi connectivity index (χ2v) is 15.9. The molecule has 0 unspecified atom stereocenters. The molecule has 0 aliphatic heterocycles. The van der Waals surface area contributed by atoms with Crippen LogP contribution in [0.5, 0.6) is 0 Å². The van der Waals surface area contributed by atoms with Gasteiger partial charge in [0.15, 0.2) is 0 Å². The first-order valence-corrected chi connectivity index (χ1v) is 12.9. The van der Waals surface area contributed by atoms with Gasteiger partial charge in [-0.15, -0.1) is 43.2 Å². The fraction of sp³-hybridized carbons (Fsp3) is 0.263. The topological polar surface area (TPSA) is 12.9 Å². The third-order valence-corrected chi connectivity index (χ3v) is 7.63. The van der Waals surface area contributed by atoms with Gasteiger partial charge < -0.3 is 34.0 Å². The number of fused-ring (bicyclic) bond motifs is 1. The summed E-state index contributed by atoms with van der Waals surface area (Å²) >= 11 is 4.02. The Morgan fingerprint density at radius 3 is 2.16 bits per heavy atom. The third kappa shape index (κ3) is 4.54. The molecule has 0 saturated carbocycles. The Balaban J connectivity index is 0.00000192. The van der Waals surface area contributed by atoms with Crippen LogP contribution >= 0.6 is 15.3 Å². The largest absolute Gasteiger partial charge is 3.00 e. The molecule has 0 N–H and O–H groups in total. The Hall–Kier alpha value is 0.169. The van der Waals surface area contributed by atoms with Crippen molar-refractivity contribution in [3.8, 4) is 11.1 Å². The van der Waals surface area contributed by atoms with Gasteiger partial charge in [-0.2, -0.15) is 0 Å². The monoisotopic (exact) mass is 580 g/mol. The molecule has 0 aliphatic rings. The molecule has 3 aromatic rings. The second kappa shape index (κ2) is 9.39. The number of rotatable bonds is 2. The number of benzene rings is 1. The molecule has 1 heterocycles. The Morgan fingerprint density at radius 1 is 0.960 bits per heavy atom. The molecule has 0 saturated heterocycles. The summed E-state index contributed by atoms with van der Waals surface area (Å²) in [6, 6.07) is 10.6. The number of hydrogen-bond acceptors (Lipinski definition) is 1. The molecule has 0 amide bonds. The average molecular weight is 583 g/mol. The van der Waals surface area contributed by atoms with Gasteiger partial charge in [-0.1, -0.05) is 63.2 Å². The van der Waals surface area contributed by atoms with Crippen LogP contribution in [0.4, 0.5) is 0 Å². The van der Waals surface area contributed by atoms with Crippen LogP contribution in [0.3, 0.4) is 0 Å². The van der Waals surface area contributed by atoms with E-state index in [0.717, 1.165) is 5.52 Å². The van der Waals surface area contributed by atoms with E-state index in [2.05, 4.69) is 78.4 Å². The molecule has 1 nitrogen and oxygen atoms in total. The molecule has 0 atom stereocenters. The molecule has 3 rings (SSSR count). The quantitative estimate of drug-likeness (QED) is 0.223. The van der Waals surface area contributed by atoms with E-state index in [-0.39, 0.29) is 51.3 Å². The van der Waals surface area contributed by atoms with Crippen molar-refractivity contribution in [2.45, 2.75) is 33.9 Å². The predicted molar refractivity (Wildman–Crippen MR) is 103 cm³/mol. The molecule has 0 spiro atoms. The number of pyridine rings is 1. The number of halogens is 3. The Kier molecular flexibility index (Phi) is 9.45. The number of hydrogen-bond donors (Lipinski definition) is 0. The van der Waals surface area contributed by atoms with E-state index >= 15 is 0 Å². The summed E-state index contributed by atoms with van der Waals surface area (Å²) in [6.45, 7) is 9.84. The maximum Gasteiger partial charge on any atom is 3.00 e. The third-order valence-electron chi connectivity index (χ3n) is 4.62. The minimum atomic E-state index is -1.62. The van der Waals surface area contributed by atoms with Gasteiger partial charge in [-0.25, -0.2) is 0 Å². The average Bonchev–Trinajstić information content (AvgIpc) is 2.70. The Morgan fingerprint density at radius 2 is 1.56 bits per heavy atom. The molecule has 1 radical (unpaired) electrons. The smallest absolute Gasteiger partial charge is 1.00 e. The molecule has 133 valence electrons. The van der Waals surface area contributed by atoms with Crippen molar-refractivity contribution in [2.24, 2.45) is 0 Å². The van der Waals surface area contributed by atoms with Gasteiger partial charge in [0.2, 0.25) is 0 Å². The van der Waals surface area contributed by atoms with Crippen molar-refractivity contribution in [3.05, 3.63) is 53.2 Å². The maximum absolute atomic E-state index is 4.66. The maximum atomic E-state index is 4.66. The van der Waals surface area contributed by atoms with Crippen molar-refractivity contribution in [1.82, 2.24) is 4.98 Å². The van der Waals surface area contributed by atoms with Gasteiger partial charge in [-0.3, -0.25) is 4.98 Å². The van der Waals surface area contributed by atoms with Gasteiger partial charge in [-0.05, 0) is 11.5 Å². The molecule has 1 aromatic heterocycles. The summed E-state index contributed by atoms with van der Waals surface area (Å²) in [4.78, 5) is 4.66. The van der Waals surface area contributed by atoms with Crippen LogP contribution in [-0.2, 0) is 17.4 Å². The first-order chi connectivity index (χ1) is 10.3. The van der Waals surface area contributed by atoms with Crippen molar-refractivity contribution < 1.29 is 51.3 Å².